The second kappa shape index (κ2) is 5.49. The van der Waals surface area contributed by atoms with Crippen molar-refractivity contribution < 1.29 is 9.59 Å². The van der Waals surface area contributed by atoms with Crippen molar-refractivity contribution in [2.75, 3.05) is 32.7 Å². The van der Waals surface area contributed by atoms with Crippen LogP contribution >= 0.6 is 0 Å². The Hall–Kier alpha value is -1.10. The lowest BCUT2D eigenvalue weighted by molar-refractivity contribution is -0.146. The minimum Gasteiger partial charge on any atom is -0.348 e. The number of hydrogen-bond acceptors (Lipinski definition) is 3. The molecule has 0 spiro atoms. The molecule has 2 aliphatic carbocycles. The summed E-state index contributed by atoms with van der Waals surface area (Å²) in [5.74, 6) is 1.52. The Morgan fingerprint density at radius 3 is 2.58 bits per heavy atom. The van der Waals surface area contributed by atoms with E-state index in [9.17, 15) is 9.59 Å². The molecule has 3 rings (SSSR count). The number of amides is 2. The predicted molar refractivity (Wildman–Crippen MR) is 71.4 cm³/mol. The van der Waals surface area contributed by atoms with Gasteiger partial charge in [0.05, 0.1) is 0 Å². The molecule has 19 heavy (non-hydrogen) atoms. The fourth-order valence-electron chi connectivity index (χ4n) is 3.94. The summed E-state index contributed by atoms with van der Waals surface area (Å²) in [6.07, 6.45) is 5.27. The zero-order chi connectivity index (χ0) is 13.2. The van der Waals surface area contributed by atoms with Crippen molar-refractivity contribution in [3.63, 3.8) is 0 Å². The third-order valence-corrected chi connectivity index (χ3v) is 5.01. The number of carbonyl (C=O) groups excluding carboxylic acids is 2. The maximum atomic E-state index is 11.9. The molecule has 5 heteroatoms. The van der Waals surface area contributed by atoms with E-state index in [4.69, 9.17) is 0 Å². The molecule has 3 aliphatic rings. The number of rotatable bonds is 2. The van der Waals surface area contributed by atoms with Crippen LogP contribution in [-0.4, -0.2) is 49.4 Å². The number of fused-ring (bicyclic) bond motifs is 2. The van der Waals surface area contributed by atoms with E-state index in [-0.39, 0.29) is 5.91 Å². The number of nitrogens with zero attached hydrogens (tertiary/aromatic N) is 1. The maximum Gasteiger partial charge on any atom is 0.311 e. The highest BCUT2D eigenvalue weighted by molar-refractivity contribution is 6.35. The number of carbonyl (C=O) groups is 2. The molecule has 0 aromatic carbocycles. The van der Waals surface area contributed by atoms with Crippen LogP contribution in [0.2, 0.25) is 0 Å². The number of nitrogens with one attached hydrogen (secondary N) is 2. The molecule has 3 atom stereocenters. The smallest absolute Gasteiger partial charge is 0.311 e. The highest BCUT2D eigenvalue weighted by Crippen LogP contribution is 2.47. The molecular weight excluding hydrogens is 242 g/mol. The van der Waals surface area contributed by atoms with Crippen molar-refractivity contribution in [3.05, 3.63) is 0 Å². The average Bonchev–Trinajstić information content (AvgIpc) is 3.07. The van der Waals surface area contributed by atoms with Crippen molar-refractivity contribution in [1.82, 2.24) is 15.5 Å². The van der Waals surface area contributed by atoms with E-state index in [1.54, 1.807) is 4.90 Å². The molecule has 5 nitrogen and oxygen atoms in total. The van der Waals surface area contributed by atoms with Crippen LogP contribution in [0.15, 0.2) is 0 Å². The molecule has 3 unspecified atom stereocenters. The Morgan fingerprint density at radius 1 is 1.16 bits per heavy atom. The lowest BCUT2D eigenvalue weighted by Crippen LogP contribution is -2.51. The first-order valence-corrected chi connectivity index (χ1v) is 7.52. The van der Waals surface area contributed by atoms with Gasteiger partial charge in [0.1, 0.15) is 0 Å². The third kappa shape index (κ3) is 2.76. The number of piperazine rings is 1. The lowest BCUT2D eigenvalue weighted by atomic mass is 9.89. The molecule has 3 fully saturated rings. The van der Waals surface area contributed by atoms with Crippen LogP contribution in [0.5, 0.6) is 0 Å². The van der Waals surface area contributed by atoms with Gasteiger partial charge in [-0.3, -0.25) is 9.59 Å². The van der Waals surface area contributed by atoms with Gasteiger partial charge in [-0.2, -0.15) is 0 Å². The summed E-state index contributed by atoms with van der Waals surface area (Å²) < 4.78 is 0. The van der Waals surface area contributed by atoms with Crippen LogP contribution in [-0.2, 0) is 9.59 Å². The van der Waals surface area contributed by atoms with Crippen molar-refractivity contribution >= 4 is 11.8 Å². The van der Waals surface area contributed by atoms with Gasteiger partial charge in [-0.05, 0) is 37.0 Å². The van der Waals surface area contributed by atoms with E-state index >= 15 is 0 Å². The Morgan fingerprint density at radius 2 is 1.95 bits per heavy atom. The van der Waals surface area contributed by atoms with Crippen LogP contribution in [0.3, 0.4) is 0 Å². The summed E-state index contributed by atoms with van der Waals surface area (Å²) in [4.78, 5) is 25.5. The molecule has 0 aromatic rings. The van der Waals surface area contributed by atoms with Crippen LogP contribution in [0, 0.1) is 17.8 Å². The van der Waals surface area contributed by atoms with Gasteiger partial charge in [0.25, 0.3) is 0 Å². The van der Waals surface area contributed by atoms with Crippen LogP contribution in [0.1, 0.15) is 25.7 Å². The molecule has 1 saturated heterocycles. The van der Waals surface area contributed by atoms with Crippen LogP contribution < -0.4 is 10.6 Å². The summed E-state index contributed by atoms with van der Waals surface area (Å²) >= 11 is 0. The molecular formula is C14H23N3O2. The first kappa shape index (κ1) is 12.9. The van der Waals surface area contributed by atoms with Gasteiger partial charge in [0.15, 0.2) is 0 Å². The van der Waals surface area contributed by atoms with Gasteiger partial charge < -0.3 is 15.5 Å². The highest BCUT2D eigenvalue weighted by Gasteiger charge is 2.39. The maximum absolute atomic E-state index is 11.9. The molecule has 2 N–H and O–H groups in total. The molecule has 0 radical (unpaired) electrons. The third-order valence-electron chi connectivity index (χ3n) is 5.01. The van der Waals surface area contributed by atoms with Gasteiger partial charge in [0, 0.05) is 32.7 Å². The quantitative estimate of drug-likeness (QED) is 0.689. The largest absolute Gasteiger partial charge is 0.348 e. The summed E-state index contributed by atoms with van der Waals surface area (Å²) in [5, 5.41) is 6.03. The molecule has 1 heterocycles. The van der Waals surface area contributed by atoms with Crippen molar-refractivity contribution in [2.24, 2.45) is 17.8 Å². The fourth-order valence-corrected chi connectivity index (χ4v) is 3.94. The summed E-state index contributed by atoms with van der Waals surface area (Å²) in [7, 11) is 0. The van der Waals surface area contributed by atoms with Gasteiger partial charge >= 0.3 is 11.8 Å². The molecule has 2 saturated carbocycles. The van der Waals surface area contributed by atoms with Gasteiger partial charge in [-0.1, -0.05) is 6.42 Å². The predicted octanol–water partition coefficient (Wildman–Crippen LogP) is -0.0294. The Labute approximate surface area is 114 Å². The molecule has 106 valence electrons. The number of hydrogen-bond donors (Lipinski definition) is 2. The van der Waals surface area contributed by atoms with E-state index in [2.05, 4.69) is 10.6 Å². The molecule has 2 bridgehead atoms. The normalized spacial score (nSPS) is 33.5. The van der Waals surface area contributed by atoms with E-state index in [0.29, 0.717) is 25.6 Å². The van der Waals surface area contributed by atoms with Crippen LogP contribution in [0.25, 0.3) is 0 Å². The first-order chi connectivity index (χ1) is 9.24. The minimum absolute atomic E-state index is 0.357. The van der Waals surface area contributed by atoms with Crippen molar-refractivity contribution in [1.29, 1.82) is 0 Å². The highest BCUT2D eigenvalue weighted by atomic mass is 16.2. The van der Waals surface area contributed by atoms with E-state index in [1.807, 2.05) is 0 Å². The SMILES string of the molecule is O=C(NCC1CC2CCC1C2)C(=O)N1CCNCC1. The monoisotopic (exact) mass is 265 g/mol. The van der Waals surface area contributed by atoms with E-state index in [1.165, 1.54) is 25.7 Å². The zero-order valence-electron chi connectivity index (χ0n) is 11.4. The van der Waals surface area contributed by atoms with Crippen molar-refractivity contribution in [2.45, 2.75) is 25.7 Å². The van der Waals surface area contributed by atoms with Gasteiger partial charge in [0.2, 0.25) is 0 Å². The van der Waals surface area contributed by atoms with Crippen LogP contribution in [0.4, 0.5) is 0 Å². The second-order valence-corrected chi connectivity index (χ2v) is 6.19. The first-order valence-electron chi connectivity index (χ1n) is 7.52. The molecule has 0 aromatic heterocycles. The van der Waals surface area contributed by atoms with E-state index < -0.39 is 5.91 Å². The minimum atomic E-state index is -0.412. The Balaban J connectivity index is 1.44. The molecule has 1 aliphatic heterocycles. The lowest BCUT2D eigenvalue weighted by Gasteiger charge is -2.27. The second-order valence-electron chi connectivity index (χ2n) is 6.19. The average molecular weight is 265 g/mol. The molecule has 2 amide bonds. The summed E-state index contributed by atoms with van der Waals surface area (Å²) in [5.41, 5.74) is 0. The van der Waals surface area contributed by atoms with Gasteiger partial charge in [-0.15, -0.1) is 0 Å². The van der Waals surface area contributed by atoms with Gasteiger partial charge in [-0.25, -0.2) is 0 Å². The zero-order valence-corrected chi connectivity index (χ0v) is 11.4. The topological polar surface area (TPSA) is 61.4 Å². The summed E-state index contributed by atoms with van der Waals surface area (Å²) in [6, 6.07) is 0. The standard InChI is InChI=1S/C14H23N3O2/c18-13(14(19)17-5-3-15-4-6-17)16-9-12-8-10-1-2-11(12)7-10/h10-12,15H,1-9H2,(H,16,18). The Kier molecular flexibility index (Phi) is 3.73. The Bertz CT molecular complexity index is 366. The fraction of sp³-hybridized carbons (Fsp3) is 0.857. The van der Waals surface area contributed by atoms with E-state index in [0.717, 1.165) is 24.9 Å². The van der Waals surface area contributed by atoms with Crippen molar-refractivity contribution in [3.8, 4) is 0 Å². The summed E-state index contributed by atoms with van der Waals surface area (Å²) in [6.45, 7) is 3.54.